The van der Waals surface area contributed by atoms with Crippen LogP contribution in [0.3, 0.4) is 0 Å². The third kappa shape index (κ3) is 3.57. The largest absolute Gasteiger partial charge is 0.508 e. The number of hydrogen-bond acceptors (Lipinski definition) is 3. The number of nitrogens with zero attached hydrogens (tertiary/aromatic N) is 1. The Hall–Kier alpha value is -2.04. The van der Waals surface area contributed by atoms with E-state index in [0.717, 1.165) is 5.56 Å². The van der Waals surface area contributed by atoms with E-state index in [1.807, 2.05) is 0 Å². The van der Waals surface area contributed by atoms with Gasteiger partial charge < -0.3 is 10.8 Å². The predicted octanol–water partition coefficient (Wildman–Crippen LogP) is 0.404. The van der Waals surface area contributed by atoms with Crippen LogP contribution in [0.5, 0.6) is 5.75 Å². The SMILES string of the molecule is N=C(N)NN=CCc1ccc(O)cc1. The van der Waals surface area contributed by atoms with Crippen molar-refractivity contribution in [2.24, 2.45) is 10.8 Å². The van der Waals surface area contributed by atoms with Gasteiger partial charge in [0.2, 0.25) is 5.96 Å². The molecule has 74 valence electrons. The summed E-state index contributed by atoms with van der Waals surface area (Å²) >= 11 is 0. The van der Waals surface area contributed by atoms with Crippen LogP contribution in [0.2, 0.25) is 0 Å². The maximum Gasteiger partial charge on any atom is 0.206 e. The standard InChI is InChI=1S/C9H12N4O/c10-9(11)13-12-6-5-7-1-3-8(14)4-2-7/h1-4,6,14H,5H2,(H4,10,11,13). The summed E-state index contributed by atoms with van der Waals surface area (Å²) in [7, 11) is 0. The highest BCUT2D eigenvalue weighted by molar-refractivity contribution is 5.75. The first-order chi connectivity index (χ1) is 6.68. The molecule has 0 aliphatic heterocycles. The fourth-order valence-corrected chi connectivity index (χ4v) is 0.898. The van der Waals surface area contributed by atoms with Crippen molar-refractivity contribution in [1.82, 2.24) is 5.43 Å². The lowest BCUT2D eigenvalue weighted by Crippen LogP contribution is -2.25. The van der Waals surface area contributed by atoms with Crippen LogP contribution in [-0.4, -0.2) is 17.3 Å². The second-order valence-corrected chi connectivity index (χ2v) is 2.71. The second-order valence-electron chi connectivity index (χ2n) is 2.71. The van der Waals surface area contributed by atoms with Crippen LogP contribution < -0.4 is 11.2 Å². The Kier molecular flexibility index (Phi) is 3.49. The first kappa shape index (κ1) is 10.0. The van der Waals surface area contributed by atoms with Crippen LogP contribution in [0.1, 0.15) is 5.56 Å². The lowest BCUT2D eigenvalue weighted by atomic mass is 10.2. The molecular weight excluding hydrogens is 180 g/mol. The predicted molar refractivity (Wildman–Crippen MR) is 55.4 cm³/mol. The number of nitrogens with one attached hydrogen (secondary N) is 2. The van der Waals surface area contributed by atoms with Crippen molar-refractivity contribution in [3.05, 3.63) is 29.8 Å². The van der Waals surface area contributed by atoms with Crippen LogP contribution in [-0.2, 0) is 6.42 Å². The summed E-state index contributed by atoms with van der Waals surface area (Å²) in [6.07, 6.45) is 2.23. The van der Waals surface area contributed by atoms with E-state index in [1.54, 1.807) is 30.5 Å². The molecule has 1 aromatic carbocycles. The fourth-order valence-electron chi connectivity index (χ4n) is 0.898. The van der Waals surface area contributed by atoms with Gasteiger partial charge >= 0.3 is 0 Å². The molecule has 0 bridgehead atoms. The van der Waals surface area contributed by atoms with Crippen molar-refractivity contribution >= 4 is 12.2 Å². The Bertz CT molecular complexity index is 331. The molecule has 0 aliphatic carbocycles. The molecule has 0 saturated carbocycles. The Balaban J connectivity index is 2.42. The molecule has 0 amide bonds. The molecule has 0 fully saturated rings. The molecular formula is C9H12N4O. The lowest BCUT2D eigenvalue weighted by Gasteiger charge is -1.96. The molecule has 5 nitrogen and oxygen atoms in total. The van der Waals surface area contributed by atoms with E-state index < -0.39 is 0 Å². The molecule has 0 saturated heterocycles. The first-order valence-corrected chi connectivity index (χ1v) is 4.08. The zero-order valence-electron chi connectivity index (χ0n) is 7.57. The van der Waals surface area contributed by atoms with Crippen molar-refractivity contribution < 1.29 is 5.11 Å². The highest BCUT2D eigenvalue weighted by Crippen LogP contribution is 2.09. The average Bonchev–Trinajstić information content (AvgIpc) is 2.15. The number of nitrogens with two attached hydrogens (primary N) is 1. The van der Waals surface area contributed by atoms with E-state index >= 15 is 0 Å². The number of hydrazone groups is 1. The maximum absolute atomic E-state index is 9.01. The molecule has 1 aromatic rings. The molecule has 0 spiro atoms. The van der Waals surface area contributed by atoms with Gasteiger partial charge in [0.25, 0.3) is 0 Å². The van der Waals surface area contributed by atoms with Crippen LogP contribution in [0.4, 0.5) is 0 Å². The zero-order valence-corrected chi connectivity index (χ0v) is 7.57. The second kappa shape index (κ2) is 4.86. The van der Waals surface area contributed by atoms with Gasteiger partial charge in [0, 0.05) is 12.6 Å². The molecule has 1 rings (SSSR count). The van der Waals surface area contributed by atoms with Gasteiger partial charge in [-0.2, -0.15) is 5.10 Å². The molecule has 0 atom stereocenters. The Morgan fingerprint density at radius 3 is 2.71 bits per heavy atom. The Morgan fingerprint density at radius 1 is 1.50 bits per heavy atom. The summed E-state index contributed by atoms with van der Waals surface area (Å²) < 4.78 is 0. The van der Waals surface area contributed by atoms with Gasteiger partial charge in [-0.25, -0.2) is 5.43 Å². The quantitative estimate of drug-likeness (QED) is 0.317. The topological polar surface area (TPSA) is 94.5 Å². The molecule has 0 heterocycles. The third-order valence-corrected chi connectivity index (χ3v) is 1.54. The molecule has 0 aromatic heterocycles. The van der Waals surface area contributed by atoms with E-state index in [4.69, 9.17) is 16.2 Å². The molecule has 5 heteroatoms. The molecule has 0 unspecified atom stereocenters. The van der Waals surface area contributed by atoms with E-state index in [0.29, 0.717) is 6.42 Å². The minimum absolute atomic E-state index is 0.188. The number of benzene rings is 1. The molecule has 0 aliphatic rings. The summed E-state index contributed by atoms with van der Waals surface area (Å²) in [4.78, 5) is 0. The summed E-state index contributed by atoms with van der Waals surface area (Å²) in [6.45, 7) is 0. The summed E-state index contributed by atoms with van der Waals surface area (Å²) in [6, 6.07) is 6.83. The van der Waals surface area contributed by atoms with Gasteiger partial charge in [-0.15, -0.1) is 0 Å². The van der Waals surface area contributed by atoms with Crippen molar-refractivity contribution in [3.8, 4) is 5.75 Å². The molecule has 0 radical (unpaired) electrons. The Labute approximate surface area is 81.8 Å². The van der Waals surface area contributed by atoms with Gasteiger partial charge in [-0.3, -0.25) is 5.41 Å². The minimum atomic E-state index is -0.188. The maximum atomic E-state index is 9.01. The number of rotatable bonds is 3. The van der Waals surface area contributed by atoms with Gasteiger partial charge in [0.15, 0.2) is 0 Å². The first-order valence-electron chi connectivity index (χ1n) is 4.08. The van der Waals surface area contributed by atoms with Gasteiger partial charge in [-0.1, -0.05) is 12.1 Å². The molecule has 5 N–H and O–H groups in total. The minimum Gasteiger partial charge on any atom is -0.508 e. The van der Waals surface area contributed by atoms with Crippen LogP contribution >= 0.6 is 0 Å². The smallest absolute Gasteiger partial charge is 0.206 e. The highest BCUT2D eigenvalue weighted by Gasteiger charge is 1.90. The van der Waals surface area contributed by atoms with E-state index in [1.165, 1.54) is 0 Å². The lowest BCUT2D eigenvalue weighted by molar-refractivity contribution is 0.475. The third-order valence-electron chi connectivity index (χ3n) is 1.54. The van der Waals surface area contributed by atoms with Crippen LogP contribution in [0, 0.1) is 5.41 Å². The number of phenolic OH excluding ortho intramolecular Hbond substituents is 1. The summed E-state index contributed by atoms with van der Waals surface area (Å²) in [5.74, 6) is 0.0551. The Morgan fingerprint density at radius 2 is 2.14 bits per heavy atom. The highest BCUT2D eigenvalue weighted by atomic mass is 16.3. The van der Waals surface area contributed by atoms with Gasteiger partial charge in [0.1, 0.15) is 5.75 Å². The summed E-state index contributed by atoms with van der Waals surface area (Å²) in [5, 5.41) is 19.5. The van der Waals surface area contributed by atoms with E-state index in [-0.39, 0.29) is 11.7 Å². The van der Waals surface area contributed by atoms with Crippen LogP contribution in [0.15, 0.2) is 29.4 Å². The van der Waals surface area contributed by atoms with Crippen molar-refractivity contribution in [2.45, 2.75) is 6.42 Å². The number of aromatic hydroxyl groups is 1. The van der Waals surface area contributed by atoms with Crippen LogP contribution in [0.25, 0.3) is 0 Å². The van der Waals surface area contributed by atoms with Gasteiger partial charge in [-0.05, 0) is 17.7 Å². The monoisotopic (exact) mass is 192 g/mol. The summed E-state index contributed by atoms with van der Waals surface area (Å²) in [5.41, 5.74) is 8.35. The zero-order chi connectivity index (χ0) is 10.4. The number of guanidine groups is 1. The number of hydrogen-bond donors (Lipinski definition) is 4. The van der Waals surface area contributed by atoms with E-state index in [9.17, 15) is 0 Å². The fraction of sp³-hybridized carbons (Fsp3) is 0.111. The molecule has 14 heavy (non-hydrogen) atoms. The number of phenols is 1. The van der Waals surface area contributed by atoms with Gasteiger partial charge in [0.05, 0.1) is 0 Å². The van der Waals surface area contributed by atoms with Crippen molar-refractivity contribution in [2.75, 3.05) is 0 Å². The van der Waals surface area contributed by atoms with Crippen molar-refractivity contribution in [3.63, 3.8) is 0 Å². The average molecular weight is 192 g/mol. The van der Waals surface area contributed by atoms with Crippen molar-refractivity contribution in [1.29, 1.82) is 5.41 Å². The normalized spacial score (nSPS) is 10.3. The van der Waals surface area contributed by atoms with E-state index in [2.05, 4.69) is 10.5 Å².